The Balaban J connectivity index is 1.71. The van der Waals surface area contributed by atoms with Crippen molar-refractivity contribution in [1.29, 1.82) is 0 Å². The molecule has 2 aromatic rings. The minimum atomic E-state index is -3.22. The SMILES string of the molecule is Cc1ccc(-c2nc(C)c(C(=O)N3CCCC(CNS(C)(=O)=O)C3)s2)o1. The summed E-state index contributed by atoms with van der Waals surface area (Å²) in [7, 11) is -3.22. The number of aryl methyl sites for hydroxylation is 2. The molecule has 1 N–H and O–H groups in total. The summed E-state index contributed by atoms with van der Waals surface area (Å²) in [6.45, 7) is 5.29. The maximum absolute atomic E-state index is 12.9. The van der Waals surface area contributed by atoms with E-state index < -0.39 is 10.0 Å². The highest BCUT2D eigenvalue weighted by molar-refractivity contribution is 7.88. The predicted octanol–water partition coefficient (Wildman–Crippen LogP) is 2.42. The van der Waals surface area contributed by atoms with Crippen LogP contribution in [0.15, 0.2) is 16.5 Å². The van der Waals surface area contributed by atoms with Crippen LogP contribution in [0.3, 0.4) is 0 Å². The number of hydrogen-bond acceptors (Lipinski definition) is 6. The fraction of sp³-hybridized carbons (Fsp3) is 0.529. The number of amides is 1. The van der Waals surface area contributed by atoms with Crippen molar-refractivity contribution >= 4 is 27.3 Å². The Morgan fingerprint density at radius 2 is 2.19 bits per heavy atom. The largest absolute Gasteiger partial charge is 0.459 e. The van der Waals surface area contributed by atoms with Gasteiger partial charge in [0, 0.05) is 19.6 Å². The first-order valence-electron chi connectivity index (χ1n) is 8.51. The molecule has 2 aromatic heterocycles. The van der Waals surface area contributed by atoms with E-state index in [0.29, 0.717) is 41.0 Å². The highest BCUT2D eigenvalue weighted by Gasteiger charge is 2.28. The topological polar surface area (TPSA) is 92.5 Å². The lowest BCUT2D eigenvalue weighted by atomic mass is 9.98. The molecule has 1 fully saturated rings. The zero-order valence-electron chi connectivity index (χ0n) is 15.1. The van der Waals surface area contributed by atoms with Crippen LogP contribution in [0.4, 0.5) is 0 Å². The van der Waals surface area contributed by atoms with Crippen LogP contribution in [0.2, 0.25) is 0 Å². The molecule has 0 spiro atoms. The van der Waals surface area contributed by atoms with Crippen molar-refractivity contribution in [3.63, 3.8) is 0 Å². The van der Waals surface area contributed by atoms with Gasteiger partial charge < -0.3 is 9.32 Å². The smallest absolute Gasteiger partial charge is 0.265 e. The third kappa shape index (κ3) is 4.52. The highest BCUT2D eigenvalue weighted by atomic mass is 32.2. The van der Waals surface area contributed by atoms with Gasteiger partial charge in [0.25, 0.3) is 5.91 Å². The van der Waals surface area contributed by atoms with Crippen LogP contribution in [0, 0.1) is 19.8 Å². The van der Waals surface area contributed by atoms with Crippen LogP contribution in [0.1, 0.15) is 34.0 Å². The van der Waals surface area contributed by atoms with Crippen molar-refractivity contribution < 1.29 is 17.6 Å². The molecule has 7 nitrogen and oxygen atoms in total. The molecule has 3 heterocycles. The van der Waals surface area contributed by atoms with E-state index in [-0.39, 0.29) is 11.8 Å². The summed E-state index contributed by atoms with van der Waals surface area (Å²) < 4.78 is 30.7. The number of thiazole rings is 1. The molecule has 0 bridgehead atoms. The molecule has 1 aliphatic rings. The predicted molar refractivity (Wildman–Crippen MR) is 101 cm³/mol. The molecular formula is C17H23N3O4S2. The van der Waals surface area contributed by atoms with Crippen molar-refractivity contribution in [2.75, 3.05) is 25.9 Å². The van der Waals surface area contributed by atoms with Gasteiger partial charge in [0.15, 0.2) is 10.8 Å². The fourth-order valence-electron chi connectivity index (χ4n) is 3.08. The first-order valence-corrected chi connectivity index (χ1v) is 11.2. The number of hydrogen-bond donors (Lipinski definition) is 1. The number of sulfonamides is 1. The average molecular weight is 398 g/mol. The molecule has 1 atom stereocenters. The molecule has 3 rings (SSSR count). The maximum Gasteiger partial charge on any atom is 0.265 e. The van der Waals surface area contributed by atoms with Crippen molar-refractivity contribution in [2.24, 2.45) is 5.92 Å². The fourth-order valence-corrected chi connectivity index (χ4v) is 4.61. The van der Waals surface area contributed by atoms with Crippen LogP contribution >= 0.6 is 11.3 Å². The zero-order chi connectivity index (χ0) is 18.9. The van der Waals surface area contributed by atoms with E-state index >= 15 is 0 Å². The van der Waals surface area contributed by atoms with Gasteiger partial charge in [0.2, 0.25) is 10.0 Å². The van der Waals surface area contributed by atoms with Gasteiger partial charge in [-0.1, -0.05) is 0 Å². The summed E-state index contributed by atoms with van der Waals surface area (Å²) in [6, 6.07) is 3.73. The van der Waals surface area contributed by atoms with E-state index in [9.17, 15) is 13.2 Å². The molecule has 0 saturated carbocycles. The molecule has 9 heteroatoms. The van der Waals surface area contributed by atoms with Crippen LogP contribution in [0.5, 0.6) is 0 Å². The van der Waals surface area contributed by atoms with E-state index in [2.05, 4.69) is 9.71 Å². The van der Waals surface area contributed by atoms with E-state index in [1.807, 2.05) is 26.0 Å². The first kappa shape index (κ1) is 19.1. The van der Waals surface area contributed by atoms with Crippen molar-refractivity contribution in [3.8, 4) is 10.8 Å². The minimum Gasteiger partial charge on any atom is -0.459 e. The van der Waals surface area contributed by atoms with Gasteiger partial charge in [-0.15, -0.1) is 11.3 Å². The number of carbonyl (C=O) groups excluding carboxylic acids is 1. The summed E-state index contributed by atoms with van der Waals surface area (Å²) in [5, 5.41) is 0.700. The molecule has 0 aliphatic carbocycles. The lowest BCUT2D eigenvalue weighted by Gasteiger charge is -2.32. The van der Waals surface area contributed by atoms with Crippen LogP contribution in [-0.4, -0.2) is 50.1 Å². The Kier molecular flexibility index (Phi) is 5.50. The van der Waals surface area contributed by atoms with Crippen LogP contribution < -0.4 is 4.72 Å². The Labute approximate surface area is 157 Å². The number of furan rings is 1. The van der Waals surface area contributed by atoms with Crippen molar-refractivity contribution in [3.05, 3.63) is 28.5 Å². The summed E-state index contributed by atoms with van der Waals surface area (Å²) in [5.74, 6) is 1.56. The number of carbonyl (C=O) groups is 1. The van der Waals surface area contributed by atoms with Crippen LogP contribution in [-0.2, 0) is 10.0 Å². The molecule has 1 saturated heterocycles. The minimum absolute atomic E-state index is 0.0430. The first-order chi connectivity index (χ1) is 12.2. The zero-order valence-corrected chi connectivity index (χ0v) is 16.7. The third-order valence-corrected chi connectivity index (χ3v) is 6.23. The summed E-state index contributed by atoms with van der Waals surface area (Å²) >= 11 is 1.34. The van der Waals surface area contributed by atoms with Gasteiger partial charge in [-0.25, -0.2) is 18.1 Å². The summed E-state index contributed by atoms with van der Waals surface area (Å²) in [4.78, 5) is 19.8. The monoisotopic (exact) mass is 397 g/mol. The Hall–Kier alpha value is -1.71. The van der Waals surface area contributed by atoms with Crippen molar-refractivity contribution in [2.45, 2.75) is 26.7 Å². The lowest BCUT2D eigenvalue weighted by Crippen LogP contribution is -2.43. The normalized spacial score (nSPS) is 18.3. The number of piperidine rings is 1. The van der Waals surface area contributed by atoms with Gasteiger partial charge in [-0.3, -0.25) is 4.79 Å². The van der Waals surface area contributed by atoms with Gasteiger partial charge in [-0.05, 0) is 44.7 Å². The standard InChI is InChI=1S/C17H23N3O4S2/c1-11-6-7-14(24-11)16-19-12(2)15(25-16)17(21)20-8-4-5-13(10-20)9-18-26(3,22)23/h6-7,13,18H,4-5,8-10H2,1-3H3. The average Bonchev–Trinajstić information content (AvgIpc) is 3.18. The molecule has 142 valence electrons. The van der Waals surface area contributed by atoms with E-state index in [0.717, 1.165) is 24.9 Å². The quantitative estimate of drug-likeness (QED) is 0.836. The molecule has 0 aromatic carbocycles. The third-order valence-electron chi connectivity index (χ3n) is 4.38. The number of rotatable bonds is 5. The Morgan fingerprint density at radius 1 is 1.42 bits per heavy atom. The summed E-state index contributed by atoms with van der Waals surface area (Å²) in [5.41, 5.74) is 0.695. The molecular weight excluding hydrogens is 374 g/mol. The van der Waals surface area contributed by atoms with Gasteiger partial charge in [-0.2, -0.15) is 0 Å². The van der Waals surface area contributed by atoms with Crippen LogP contribution in [0.25, 0.3) is 10.8 Å². The molecule has 1 amide bonds. The lowest BCUT2D eigenvalue weighted by molar-refractivity contribution is 0.0680. The number of likely N-dealkylation sites (tertiary alicyclic amines) is 1. The molecule has 1 unspecified atom stereocenters. The van der Waals surface area contributed by atoms with E-state index in [1.165, 1.54) is 11.3 Å². The summed E-state index contributed by atoms with van der Waals surface area (Å²) in [6.07, 6.45) is 2.92. The molecule has 1 aliphatic heterocycles. The second-order valence-electron chi connectivity index (χ2n) is 6.72. The number of nitrogens with zero attached hydrogens (tertiary/aromatic N) is 2. The Bertz CT molecular complexity index is 901. The van der Waals surface area contributed by atoms with Gasteiger partial charge in [0.1, 0.15) is 10.6 Å². The second-order valence-corrected chi connectivity index (χ2v) is 9.56. The number of aromatic nitrogens is 1. The van der Waals surface area contributed by atoms with Crippen molar-refractivity contribution in [1.82, 2.24) is 14.6 Å². The maximum atomic E-state index is 12.9. The van der Waals surface area contributed by atoms with Gasteiger partial charge >= 0.3 is 0 Å². The molecule has 26 heavy (non-hydrogen) atoms. The molecule has 0 radical (unpaired) electrons. The van der Waals surface area contributed by atoms with E-state index in [4.69, 9.17) is 4.42 Å². The van der Waals surface area contributed by atoms with Gasteiger partial charge in [0.05, 0.1) is 11.9 Å². The highest BCUT2D eigenvalue weighted by Crippen LogP contribution is 2.31. The number of nitrogens with one attached hydrogen (secondary N) is 1. The van der Waals surface area contributed by atoms with E-state index in [1.54, 1.807) is 4.90 Å². The second kappa shape index (κ2) is 7.50. The Morgan fingerprint density at radius 3 is 2.85 bits per heavy atom.